The van der Waals surface area contributed by atoms with Crippen LogP contribution in [0.3, 0.4) is 0 Å². The maximum atomic E-state index is 11.2. The lowest BCUT2D eigenvalue weighted by atomic mass is 10.1. The number of hydrogen-bond donors (Lipinski definition) is 4. The summed E-state index contributed by atoms with van der Waals surface area (Å²) >= 11 is 0. The number of ether oxygens (including phenoxy) is 1. The fraction of sp³-hybridized carbons (Fsp3) is 0.647. The van der Waals surface area contributed by atoms with Gasteiger partial charge in [-0.25, -0.2) is 0 Å². The number of rotatable bonds is 12. The number of hydrogen-bond acceptors (Lipinski definition) is 3. The third-order valence-electron chi connectivity index (χ3n) is 3.47. The van der Waals surface area contributed by atoms with Gasteiger partial charge in [0.2, 0.25) is 0 Å². The molecular weight excluding hydrogens is 378 g/mol. The highest BCUT2D eigenvalue weighted by atomic mass is 31.2. The molecule has 0 aromatic carbocycles. The Balaban J connectivity index is 4.68. The van der Waals surface area contributed by atoms with Crippen LogP contribution < -0.4 is 0 Å². The van der Waals surface area contributed by atoms with Gasteiger partial charge in [0.15, 0.2) is 0 Å². The first-order valence-corrected chi connectivity index (χ1v) is 12.0. The second-order valence-electron chi connectivity index (χ2n) is 6.77. The summed E-state index contributed by atoms with van der Waals surface area (Å²) in [7, 11) is -8.76. The second-order valence-corrected chi connectivity index (χ2v) is 10.1. The predicted octanol–water partition coefficient (Wildman–Crippen LogP) is 4.10. The normalized spacial score (nSPS) is 15.1. The Morgan fingerprint density at radius 2 is 1.42 bits per heavy atom. The molecule has 7 nitrogen and oxygen atoms in total. The summed E-state index contributed by atoms with van der Waals surface area (Å²) in [5.74, 6) is 0. The Hall–Kier alpha value is -0.520. The van der Waals surface area contributed by atoms with E-state index < -0.39 is 33.8 Å². The molecule has 0 radical (unpaired) electrons. The topological polar surface area (TPSA) is 124 Å². The van der Waals surface area contributed by atoms with Crippen LogP contribution in [0.15, 0.2) is 34.9 Å². The van der Waals surface area contributed by atoms with Gasteiger partial charge in [-0.2, -0.15) is 0 Å². The van der Waals surface area contributed by atoms with Crippen LogP contribution in [0.25, 0.3) is 0 Å². The van der Waals surface area contributed by atoms with E-state index in [0.29, 0.717) is 6.42 Å². The molecule has 152 valence electrons. The molecule has 0 heterocycles. The highest BCUT2D eigenvalue weighted by Crippen LogP contribution is 2.39. The van der Waals surface area contributed by atoms with Gasteiger partial charge in [-0.1, -0.05) is 34.9 Å². The van der Waals surface area contributed by atoms with Crippen LogP contribution in [0, 0.1) is 0 Å². The van der Waals surface area contributed by atoms with Crippen molar-refractivity contribution in [2.45, 2.75) is 59.5 Å². The highest BCUT2D eigenvalue weighted by molar-refractivity contribution is 7.52. The van der Waals surface area contributed by atoms with Gasteiger partial charge in [0, 0.05) is 0 Å². The maximum Gasteiger partial charge on any atom is 0.351 e. The predicted molar refractivity (Wildman–Crippen MR) is 104 cm³/mol. The number of allylic oxidation sites excluding steroid dienone is 5. The zero-order valence-corrected chi connectivity index (χ0v) is 17.7. The fourth-order valence-electron chi connectivity index (χ4n) is 2.22. The van der Waals surface area contributed by atoms with E-state index in [9.17, 15) is 9.13 Å². The molecule has 26 heavy (non-hydrogen) atoms. The summed E-state index contributed by atoms with van der Waals surface area (Å²) in [4.78, 5) is 35.9. The van der Waals surface area contributed by atoms with Gasteiger partial charge in [0.1, 0.15) is 6.35 Å². The molecule has 0 fully saturated rings. The summed E-state index contributed by atoms with van der Waals surface area (Å²) < 4.78 is 27.1. The molecule has 0 aliphatic rings. The molecule has 0 amide bonds. The van der Waals surface area contributed by atoms with Crippen LogP contribution in [0.4, 0.5) is 0 Å². The van der Waals surface area contributed by atoms with E-state index in [0.717, 1.165) is 24.8 Å². The molecule has 0 aliphatic carbocycles. The first-order valence-electron chi connectivity index (χ1n) is 8.45. The Kier molecular flexibility index (Phi) is 11.8. The van der Waals surface area contributed by atoms with Gasteiger partial charge in [0.25, 0.3) is 0 Å². The van der Waals surface area contributed by atoms with Crippen molar-refractivity contribution in [2.24, 2.45) is 0 Å². The van der Waals surface area contributed by atoms with Crippen LogP contribution in [0.5, 0.6) is 0 Å². The molecule has 0 aromatic heterocycles. The summed E-state index contributed by atoms with van der Waals surface area (Å²) in [6.07, 6.45) is 6.78. The van der Waals surface area contributed by atoms with Crippen LogP contribution in [-0.2, 0) is 13.9 Å². The largest absolute Gasteiger partial charge is 0.361 e. The minimum absolute atomic E-state index is 0.609. The van der Waals surface area contributed by atoms with E-state index in [-0.39, 0.29) is 0 Å². The Morgan fingerprint density at radius 3 is 1.92 bits per heavy atom. The molecule has 1 unspecified atom stereocenters. The standard InChI is InChI=1S/C17H32O7P2/c1-14(2)7-5-8-15(3)9-6-10-16(4)11-17(12-25(18,19)20)24-13-26(21,22)23/h7,9,11,17H,5-6,8,10,12-13H2,1-4H3,(H2,18,19,20)(H2,21,22,23)/b15-9+,16-11+. The monoisotopic (exact) mass is 410 g/mol. The van der Waals surface area contributed by atoms with Gasteiger partial charge in [0.05, 0.1) is 12.3 Å². The van der Waals surface area contributed by atoms with Crippen molar-refractivity contribution in [1.82, 2.24) is 0 Å². The Labute approximate surface area is 156 Å². The van der Waals surface area contributed by atoms with Gasteiger partial charge < -0.3 is 24.3 Å². The molecule has 4 N–H and O–H groups in total. The molecule has 0 aromatic rings. The summed E-state index contributed by atoms with van der Waals surface area (Å²) in [5, 5.41) is 0. The second kappa shape index (κ2) is 12.0. The molecule has 0 aliphatic heterocycles. The summed E-state index contributed by atoms with van der Waals surface area (Å²) in [5.41, 5.74) is 3.42. The summed E-state index contributed by atoms with van der Waals surface area (Å²) in [6.45, 7) is 8.00. The van der Waals surface area contributed by atoms with Crippen molar-refractivity contribution in [3.05, 3.63) is 34.9 Å². The minimum atomic E-state index is -4.40. The molecule has 9 heteroatoms. The molecule has 0 spiro atoms. The third-order valence-corrected chi connectivity index (χ3v) is 4.79. The lowest BCUT2D eigenvalue weighted by molar-refractivity contribution is 0.118. The first kappa shape index (κ1) is 25.5. The van der Waals surface area contributed by atoms with Gasteiger partial charge in [-0.15, -0.1) is 0 Å². The highest BCUT2D eigenvalue weighted by Gasteiger charge is 2.23. The van der Waals surface area contributed by atoms with Crippen molar-refractivity contribution >= 4 is 15.2 Å². The lowest BCUT2D eigenvalue weighted by Gasteiger charge is -2.16. The van der Waals surface area contributed by atoms with Gasteiger partial charge in [-0.3, -0.25) is 9.13 Å². The van der Waals surface area contributed by atoms with Crippen LogP contribution in [0.1, 0.15) is 53.4 Å². The zero-order chi connectivity index (χ0) is 20.4. The van der Waals surface area contributed by atoms with E-state index in [4.69, 9.17) is 24.3 Å². The van der Waals surface area contributed by atoms with E-state index in [1.165, 1.54) is 17.2 Å². The van der Waals surface area contributed by atoms with E-state index >= 15 is 0 Å². The van der Waals surface area contributed by atoms with Crippen molar-refractivity contribution in [3.8, 4) is 0 Å². The van der Waals surface area contributed by atoms with Crippen molar-refractivity contribution < 1.29 is 33.4 Å². The Bertz CT molecular complexity index is 607. The fourth-order valence-corrected chi connectivity index (χ4v) is 3.28. The van der Waals surface area contributed by atoms with E-state index in [2.05, 4.69) is 32.9 Å². The van der Waals surface area contributed by atoms with E-state index in [1.54, 1.807) is 6.92 Å². The smallest absolute Gasteiger partial charge is 0.351 e. The quantitative estimate of drug-likeness (QED) is 0.282. The van der Waals surface area contributed by atoms with Gasteiger partial charge in [-0.05, 0) is 53.4 Å². The Morgan fingerprint density at radius 1 is 0.885 bits per heavy atom. The third kappa shape index (κ3) is 16.9. The van der Waals surface area contributed by atoms with Crippen molar-refractivity contribution in [3.63, 3.8) is 0 Å². The molecule has 0 saturated carbocycles. The molecule has 0 bridgehead atoms. The summed E-state index contributed by atoms with van der Waals surface area (Å²) in [6, 6.07) is 0. The maximum absolute atomic E-state index is 11.2. The average Bonchev–Trinajstić information content (AvgIpc) is 2.42. The van der Waals surface area contributed by atoms with Crippen LogP contribution in [-0.4, -0.2) is 38.2 Å². The van der Waals surface area contributed by atoms with Crippen LogP contribution in [0.2, 0.25) is 0 Å². The lowest BCUT2D eigenvalue weighted by Crippen LogP contribution is -2.17. The average molecular weight is 410 g/mol. The van der Waals surface area contributed by atoms with E-state index in [1.807, 2.05) is 0 Å². The first-order chi connectivity index (χ1) is 11.8. The molecule has 0 rings (SSSR count). The van der Waals surface area contributed by atoms with Crippen LogP contribution >= 0.6 is 15.2 Å². The van der Waals surface area contributed by atoms with Crippen molar-refractivity contribution in [1.29, 1.82) is 0 Å². The molecule has 1 atom stereocenters. The molecular formula is C17H32O7P2. The van der Waals surface area contributed by atoms with Gasteiger partial charge >= 0.3 is 15.2 Å². The van der Waals surface area contributed by atoms with Crippen molar-refractivity contribution in [2.75, 3.05) is 12.5 Å². The zero-order valence-electron chi connectivity index (χ0n) is 16.0. The minimum Gasteiger partial charge on any atom is -0.361 e. The molecule has 0 saturated heterocycles. The SMILES string of the molecule is CC(C)=CCC/C(C)=C/CC/C(C)=C/C(CP(=O)(O)O)OCP(=O)(O)O.